The third-order valence-corrected chi connectivity index (χ3v) is 9.11. The van der Waals surface area contributed by atoms with Crippen LogP contribution in [-0.4, -0.2) is 39.0 Å². The molecule has 1 aliphatic rings. The molecule has 2 N–H and O–H groups in total. The van der Waals surface area contributed by atoms with Crippen molar-refractivity contribution in [2.75, 3.05) is 16.6 Å². The zero-order valence-corrected chi connectivity index (χ0v) is 24.4. The number of amides is 1. The first-order valence-corrected chi connectivity index (χ1v) is 15.3. The van der Waals surface area contributed by atoms with Crippen LogP contribution in [0.2, 0.25) is 0 Å². The Morgan fingerprint density at radius 3 is 2.52 bits per heavy atom. The molecule has 2 aromatic carbocycles. The van der Waals surface area contributed by atoms with Gasteiger partial charge in [0, 0.05) is 10.6 Å². The van der Waals surface area contributed by atoms with E-state index in [0.29, 0.717) is 22.2 Å². The molecule has 1 heterocycles. The fourth-order valence-corrected chi connectivity index (χ4v) is 6.89. The molecule has 2 unspecified atom stereocenters. The number of thiophene rings is 1. The van der Waals surface area contributed by atoms with Crippen molar-refractivity contribution in [2.24, 2.45) is 5.92 Å². The highest BCUT2D eigenvalue weighted by atomic mass is 32.2. The van der Waals surface area contributed by atoms with Gasteiger partial charge in [-0.05, 0) is 81.8 Å². The quantitative estimate of drug-likeness (QED) is 0.325. The summed E-state index contributed by atoms with van der Waals surface area (Å²) in [5, 5.41) is 3.12. The second kappa shape index (κ2) is 12.2. The monoisotopic (exact) mass is 584 g/mol. The lowest BCUT2D eigenvalue weighted by Crippen LogP contribution is -2.30. The van der Waals surface area contributed by atoms with Gasteiger partial charge in [-0.3, -0.25) is 9.52 Å². The zero-order valence-electron chi connectivity index (χ0n) is 22.8. The molecular formula is C29H32N2O7S2. The van der Waals surface area contributed by atoms with E-state index in [2.05, 4.69) is 17.0 Å². The van der Waals surface area contributed by atoms with Crippen LogP contribution >= 0.6 is 11.3 Å². The molecule has 0 bridgehead atoms. The first kappa shape index (κ1) is 29.3. The summed E-state index contributed by atoms with van der Waals surface area (Å²) in [5.74, 6) is -1.50. The van der Waals surface area contributed by atoms with Crippen molar-refractivity contribution in [1.82, 2.24) is 0 Å². The van der Waals surface area contributed by atoms with Crippen LogP contribution < -0.4 is 10.0 Å². The van der Waals surface area contributed by atoms with Gasteiger partial charge in [-0.25, -0.2) is 18.0 Å². The van der Waals surface area contributed by atoms with Crippen LogP contribution in [0.25, 0.3) is 0 Å². The standard InChI is InChI=1S/C29H32N2O7S2/c1-5-37-29(34)25-23-14-11-18(3)15-24(23)39-27(25)30-26(32)19(4)38-28(33)20-7-6-8-22(16-20)40(35,36)31-21-12-9-17(2)10-13-21/h6-10,12-13,16,18-19,31H,5,11,14-15H2,1-4H3,(H,30,32). The number of esters is 2. The lowest BCUT2D eigenvalue weighted by molar-refractivity contribution is -0.123. The van der Waals surface area contributed by atoms with E-state index in [0.717, 1.165) is 35.3 Å². The fourth-order valence-electron chi connectivity index (χ4n) is 4.38. The van der Waals surface area contributed by atoms with Crippen molar-refractivity contribution in [2.45, 2.75) is 58.0 Å². The van der Waals surface area contributed by atoms with Crippen molar-refractivity contribution >= 4 is 49.9 Å². The lowest BCUT2D eigenvalue weighted by Gasteiger charge is -2.18. The maximum absolute atomic E-state index is 13.0. The van der Waals surface area contributed by atoms with Gasteiger partial charge in [0.15, 0.2) is 6.10 Å². The first-order chi connectivity index (χ1) is 19.0. The number of hydrogen-bond acceptors (Lipinski definition) is 8. The van der Waals surface area contributed by atoms with Crippen LogP contribution in [0.3, 0.4) is 0 Å². The van der Waals surface area contributed by atoms with Crippen LogP contribution in [0.5, 0.6) is 0 Å². The van der Waals surface area contributed by atoms with Gasteiger partial charge in [-0.2, -0.15) is 0 Å². The van der Waals surface area contributed by atoms with Gasteiger partial charge < -0.3 is 14.8 Å². The normalized spacial score (nSPS) is 15.4. The molecule has 0 spiro atoms. The van der Waals surface area contributed by atoms with Crippen LogP contribution in [-0.2, 0) is 37.1 Å². The van der Waals surface area contributed by atoms with Gasteiger partial charge in [-0.15, -0.1) is 11.3 Å². The number of fused-ring (bicyclic) bond motifs is 1. The molecule has 0 radical (unpaired) electrons. The molecule has 0 aliphatic heterocycles. The number of aryl methyl sites for hydroxylation is 1. The van der Waals surface area contributed by atoms with Gasteiger partial charge in [0.25, 0.3) is 15.9 Å². The van der Waals surface area contributed by atoms with Crippen molar-refractivity contribution in [3.8, 4) is 0 Å². The molecule has 212 valence electrons. The van der Waals surface area contributed by atoms with Crippen LogP contribution in [0, 0.1) is 12.8 Å². The minimum atomic E-state index is -3.97. The minimum Gasteiger partial charge on any atom is -0.462 e. The highest BCUT2D eigenvalue weighted by Gasteiger charge is 2.30. The average molecular weight is 585 g/mol. The highest BCUT2D eigenvalue weighted by Crippen LogP contribution is 2.40. The summed E-state index contributed by atoms with van der Waals surface area (Å²) < 4.78 is 38.8. The van der Waals surface area contributed by atoms with E-state index >= 15 is 0 Å². The third-order valence-electron chi connectivity index (χ3n) is 6.56. The molecule has 0 saturated carbocycles. The van der Waals surface area contributed by atoms with Gasteiger partial charge >= 0.3 is 11.9 Å². The Hall–Kier alpha value is -3.70. The summed E-state index contributed by atoms with van der Waals surface area (Å²) in [6, 6.07) is 12.2. The van der Waals surface area contributed by atoms with E-state index in [1.54, 1.807) is 31.2 Å². The molecule has 1 aliphatic carbocycles. The van der Waals surface area contributed by atoms with Crippen molar-refractivity contribution in [3.63, 3.8) is 0 Å². The van der Waals surface area contributed by atoms with Crippen molar-refractivity contribution in [3.05, 3.63) is 75.7 Å². The number of ether oxygens (including phenoxy) is 2. The topological polar surface area (TPSA) is 128 Å². The molecular weight excluding hydrogens is 552 g/mol. The minimum absolute atomic E-state index is 0.0285. The Morgan fingerprint density at radius 1 is 1.10 bits per heavy atom. The predicted molar refractivity (Wildman–Crippen MR) is 153 cm³/mol. The Labute approximate surface area is 237 Å². The zero-order chi connectivity index (χ0) is 29.0. The third kappa shape index (κ3) is 6.71. The van der Waals surface area contributed by atoms with E-state index in [1.807, 2.05) is 6.92 Å². The van der Waals surface area contributed by atoms with Crippen LogP contribution in [0.4, 0.5) is 10.7 Å². The molecule has 9 nitrogen and oxygen atoms in total. The molecule has 2 atom stereocenters. The van der Waals surface area contributed by atoms with Gasteiger partial charge in [0.2, 0.25) is 0 Å². The lowest BCUT2D eigenvalue weighted by atomic mass is 9.88. The predicted octanol–water partition coefficient (Wildman–Crippen LogP) is 5.34. The van der Waals surface area contributed by atoms with Gasteiger partial charge in [-0.1, -0.05) is 30.7 Å². The Balaban J connectivity index is 1.47. The molecule has 1 aromatic heterocycles. The Bertz CT molecular complexity index is 1530. The summed E-state index contributed by atoms with van der Waals surface area (Å²) >= 11 is 1.34. The largest absolute Gasteiger partial charge is 0.462 e. The van der Waals surface area contributed by atoms with Crippen LogP contribution in [0.15, 0.2) is 53.4 Å². The van der Waals surface area contributed by atoms with Gasteiger partial charge in [0.1, 0.15) is 5.00 Å². The second-order valence-electron chi connectivity index (χ2n) is 9.81. The average Bonchev–Trinajstić information content (AvgIpc) is 3.26. The maximum atomic E-state index is 13.0. The SMILES string of the molecule is CCOC(=O)c1c(NC(=O)C(C)OC(=O)c2cccc(S(=O)(=O)Nc3ccc(C)cc3)c2)sc2c1CCC(C)C2. The number of nitrogens with one attached hydrogen (secondary N) is 2. The number of anilines is 2. The highest BCUT2D eigenvalue weighted by molar-refractivity contribution is 7.92. The number of carbonyl (C=O) groups is 3. The molecule has 4 rings (SSSR count). The number of carbonyl (C=O) groups excluding carboxylic acids is 3. The molecule has 11 heteroatoms. The fraction of sp³-hybridized carbons (Fsp3) is 0.345. The number of rotatable bonds is 9. The second-order valence-corrected chi connectivity index (χ2v) is 12.6. The molecule has 1 amide bonds. The molecule has 3 aromatic rings. The van der Waals surface area contributed by atoms with Crippen molar-refractivity contribution in [1.29, 1.82) is 0 Å². The maximum Gasteiger partial charge on any atom is 0.341 e. The summed E-state index contributed by atoms with van der Waals surface area (Å²) in [6.45, 7) is 7.37. The van der Waals surface area contributed by atoms with E-state index in [9.17, 15) is 22.8 Å². The number of sulfonamides is 1. The van der Waals surface area contributed by atoms with E-state index in [-0.39, 0.29) is 17.1 Å². The van der Waals surface area contributed by atoms with E-state index in [4.69, 9.17) is 9.47 Å². The van der Waals surface area contributed by atoms with Crippen molar-refractivity contribution < 1.29 is 32.3 Å². The summed E-state index contributed by atoms with van der Waals surface area (Å²) in [6.07, 6.45) is 1.25. The summed E-state index contributed by atoms with van der Waals surface area (Å²) in [4.78, 5) is 39.5. The molecule has 40 heavy (non-hydrogen) atoms. The van der Waals surface area contributed by atoms with Crippen LogP contribution in [0.1, 0.15) is 63.9 Å². The first-order valence-electron chi connectivity index (χ1n) is 13.0. The van der Waals surface area contributed by atoms with E-state index in [1.165, 1.54) is 42.5 Å². The van der Waals surface area contributed by atoms with E-state index < -0.39 is 34.0 Å². The number of benzene rings is 2. The summed E-state index contributed by atoms with van der Waals surface area (Å²) in [7, 11) is -3.97. The molecule has 0 saturated heterocycles. The summed E-state index contributed by atoms with van der Waals surface area (Å²) in [5.41, 5.74) is 2.60. The van der Waals surface area contributed by atoms with Gasteiger partial charge in [0.05, 0.1) is 22.6 Å². The smallest absolute Gasteiger partial charge is 0.341 e. The molecule has 0 fully saturated rings. The Morgan fingerprint density at radius 2 is 1.82 bits per heavy atom. The Kier molecular flexibility index (Phi) is 8.95. The number of hydrogen-bond donors (Lipinski definition) is 2.